The first-order valence-corrected chi connectivity index (χ1v) is 11.4. The number of carbonyl (C=O) groups excluding carboxylic acids is 3. The van der Waals surface area contributed by atoms with Crippen molar-refractivity contribution in [2.75, 3.05) is 13.1 Å². The average Bonchev–Trinajstić information content (AvgIpc) is 3.31. The van der Waals surface area contributed by atoms with Crippen LogP contribution in [0.25, 0.3) is 11.0 Å². The van der Waals surface area contributed by atoms with Gasteiger partial charge in [-0.15, -0.1) is 0 Å². The molecule has 0 aliphatic carbocycles. The summed E-state index contributed by atoms with van der Waals surface area (Å²) in [5.74, 6) is -0.00907. The van der Waals surface area contributed by atoms with Crippen molar-refractivity contribution in [1.29, 1.82) is 0 Å². The van der Waals surface area contributed by atoms with E-state index in [1.165, 1.54) is 17.0 Å². The third-order valence-electron chi connectivity index (χ3n) is 7.00. The van der Waals surface area contributed by atoms with Gasteiger partial charge in [-0.3, -0.25) is 14.5 Å². The van der Waals surface area contributed by atoms with E-state index in [0.29, 0.717) is 37.1 Å². The summed E-state index contributed by atoms with van der Waals surface area (Å²) in [5, 5.41) is 2.88. The van der Waals surface area contributed by atoms with E-state index in [1.807, 2.05) is 19.1 Å². The summed E-state index contributed by atoms with van der Waals surface area (Å²) >= 11 is 0. The third kappa shape index (κ3) is 3.81. The summed E-state index contributed by atoms with van der Waals surface area (Å²) in [4.78, 5) is 49.5. The van der Waals surface area contributed by atoms with Gasteiger partial charge in [-0.1, -0.05) is 12.1 Å². The van der Waals surface area contributed by atoms with Gasteiger partial charge in [0.2, 0.25) is 0 Å². The highest BCUT2D eigenvalue weighted by molar-refractivity contribution is 6.07. The van der Waals surface area contributed by atoms with Gasteiger partial charge < -0.3 is 15.2 Å². The Morgan fingerprint density at radius 1 is 1.15 bits per heavy atom. The number of amides is 4. The van der Waals surface area contributed by atoms with Crippen molar-refractivity contribution in [2.45, 2.75) is 38.8 Å². The number of benzene rings is 2. The summed E-state index contributed by atoms with van der Waals surface area (Å²) in [7, 11) is 0. The number of piperidine rings is 1. The molecule has 0 radical (unpaired) electrons. The van der Waals surface area contributed by atoms with Gasteiger partial charge in [-0.25, -0.2) is 14.2 Å². The Bertz CT molecular complexity index is 1280. The van der Waals surface area contributed by atoms with E-state index in [-0.39, 0.29) is 30.1 Å². The minimum Gasteiger partial charge on any atom is -0.342 e. The summed E-state index contributed by atoms with van der Waals surface area (Å²) in [6.45, 7) is 4.72. The van der Waals surface area contributed by atoms with E-state index in [0.717, 1.165) is 16.9 Å². The highest BCUT2D eigenvalue weighted by atomic mass is 19.1. The van der Waals surface area contributed by atoms with Crippen molar-refractivity contribution < 1.29 is 18.8 Å². The van der Waals surface area contributed by atoms with Crippen LogP contribution in [0.5, 0.6) is 0 Å². The second kappa shape index (κ2) is 8.23. The molecular weight excluding hydrogens is 437 g/mol. The molecule has 1 aromatic heterocycles. The van der Waals surface area contributed by atoms with Crippen LogP contribution >= 0.6 is 0 Å². The lowest BCUT2D eigenvalue weighted by atomic mass is 9.78. The Balaban J connectivity index is 1.25. The Morgan fingerprint density at radius 3 is 2.56 bits per heavy atom. The van der Waals surface area contributed by atoms with E-state index in [1.54, 1.807) is 30.0 Å². The molecule has 5 rings (SSSR count). The molecule has 2 aromatic carbocycles. The molecule has 9 heteroatoms. The number of hydrogen-bond donors (Lipinski definition) is 2. The van der Waals surface area contributed by atoms with Crippen LogP contribution in [0.2, 0.25) is 0 Å². The lowest BCUT2D eigenvalue weighted by Crippen LogP contribution is -2.54. The predicted octanol–water partition coefficient (Wildman–Crippen LogP) is 3.37. The van der Waals surface area contributed by atoms with Gasteiger partial charge in [-0.2, -0.15) is 0 Å². The van der Waals surface area contributed by atoms with E-state index in [4.69, 9.17) is 0 Å². The van der Waals surface area contributed by atoms with Crippen molar-refractivity contribution in [1.82, 2.24) is 25.1 Å². The molecule has 2 N–H and O–H groups in total. The summed E-state index contributed by atoms with van der Waals surface area (Å²) in [5.41, 5.74) is 1.89. The molecular formula is C25H26FN5O3. The number of aromatic amines is 1. The van der Waals surface area contributed by atoms with E-state index in [2.05, 4.69) is 15.3 Å². The number of nitrogens with zero attached hydrogens (tertiary/aromatic N) is 3. The largest absolute Gasteiger partial charge is 0.342 e. The standard InChI is InChI=1S/C25H26FN5O3/c1-15-27-20-8-5-17(13-21(20)28-15)22(32)30-11-9-18(10-12-30)25(2)23(33)31(24(34)29-25)14-16-3-6-19(26)7-4-16/h3-8,13,18H,9-12,14H2,1-2H3,(H,27,28)(H,29,34). The molecule has 2 aliphatic heterocycles. The highest BCUT2D eigenvalue weighted by Gasteiger charge is 2.52. The number of imidazole rings is 1. The van der Waals surface area contributed by atoms with Crippen LogP contribution in [0.1, 0.15) is 41.5 Å². The molecule has 3 heterocycles. The number of likely N-dealkylation sites (tertiary alicyclic amines) is 1. The Labute approximate surface area is 196 Å². The van der Waals surface area contributed by atoms with Crippen molar-refractivity contribution >= 4 is 28.9 Å². The zero-order valence-corrected chi connectivity index (χ0v) is 19.1. The first kappa shape index (κ1) is 22.1. The minimum absolute atomic E-state index is 0.0579. The molecule has 2 fully saturated rings. The maximum Gasteiger partial charge on any atom is 0.325 e. The fourth-order valence-electron chi connectivity index (χ4n) is 5.02. The van der Waals surface area contributed by atoms with Crippen molar-refractivity contribution in [2.24, 2.45) is 5.92 Å². The number of hydrogen-bond acceptors (Lipinski definition) is 4. The summed E-state index contributed by atoms with van der Waals surface area (Å²) < 4.78 is 13.2. The number of aromatic nitrogens is 2. The van der Waals surface area contributed by atoms with Gasteiger partial charge in [0, 0.05) is 18.7 Å². The number of aryl methyl sites for hydroxylation is 1. The topological polar surface area (TPSA) is 98.4 Å². The first-order chi connectivity index (χ1) is 16.2. The minimum atomic E-state index is -1.03. The molecule has 1 unspecified atom stereocenters. The number of H-pyrrole nitrogens is 1. The van der Waals surface area contributed by atoms with Crippen molar-refractivity contribution in [3.8, 4) is 0 Å². The lowest BCUT2D eigenvalue weighted by Gasteiger charge is -2.39. The lowest BCUT2D eigenvalue weighted by molar-refractivity contribution is -0.133. The second-order valence-corrected chi connectivity index (χ2v) is 9.27. The fourth-order valence-corrected chi connectivity index (χ4v) is 5.02. The average molecular weight is 464 g/mol. The van der Waals surface area contributed by atoms with Crippen LogP contribution < -0.4 is 5.32 Å². The number of urea groups is 1. The SMILES string of the molecule is Cc1nc2ccc(C(=O)N3CCC(C4(C)NC(=O)N(Cc5ccc(F)cc5)C4=O)CC3)cc2[nH]1. The summed E-state index contributed by atoms with van der Waals surface area (Å²) in [6.07, 6.45) is 1.20. The maximum atomic E-state index is 13.3. The predicted molar refractivity (Wildman–Crippen MR) is 123 cm³/mol. The molecule has 8 nitrogen and oxygen atoms in total. The van der Waals surface area contributed by atoms with Gasteiger partial charge in [0.05, 0.1) is 17.6 Å². The Morgan fingerprint density at radius 2 is 1.85 bits per heavy atom. The number of nitrogens with one attached hydrogen (secondary N) is 2. The Kier molecular flexibility index (Phi) is 5.34. The van der Waals surface area contributed by atoms with Crippen LogP contribution in [0.15, 0.2) is 42.5 Å². The Hall–Kier alpha value is -3.75. The van der Waals surface area contributed by atoms with Crippen LogP contribution in [0, 0.1) is 18.7 Å². The van der Waals surface area contributed by atoms with Gasteiger partial charge in [0.15, 0.2) is 0 Å². The van der Waals surface area contributed by atoms with Gasteiger partial charge in [0.25, 0.3) is 11.8 Å². The number of imide groups is 1. The zero-order valence-electron chi connectivity index (χ0n) is 19.1. The van der Waals surface area contributed by atoms with Crippen LogP contribution in [0.3, 0.4) is 0 Å². The number of halogens is 1. The fraction of sp³-hybridized carbons (Fsp3) is 0.360. The molecule has 0 saturated carbocycles. The molecule has 2 aliphatic rings. The monoisotopic (exact) mass is 463 g/mol. The van der Waals surface area contributed by atoms with Crippen LogP contribution in [-0.2, 0) is 11.3 Å². The van der Waals surface area contributed by atoms with E-state index in [9.17, 15) is 18.8 Å². The van der Waals surface area contributed by atoms with Gasteiger partial charge >= 0.3 is 6.03 Å². The molecule has 0 bridgehead atoms. The maximum absolute atomic E-state index is 13.3. The number of rotatable bonds is 4. The van der Waals surface area contributed by atoms with E-state index < -0.39 is 11.6 Å². The molecule has 0 spiro atoms. The molecule has 4 amide bonds. The van der Waals surface area contributed by atoms with Crippen molar-refractivity contribution in [3.05, 3.63) is 65.2 Å². The zero-order chi connectivity index (χ0) is 24.0. The molecule has 34 heavy (non-hydrogen) atoms. The van der Waals surface area contributed by atoms with Gasteiger partial charge in [0.1, 0.15) is 17.2 Å². The number of fused-ring (bicyclic) bond motifs is 1. The first-order valence-electron chi connectivity index (χ1n) is 11.4. The second-order valence-electron chi connectivity index (χ2n) is 9.27. The quantitative estimate of drug-likeness (QED) is 0.580. The summed E-state index contributed by atoms with van der Waals surface area (Å²) in [6, 6.07) is 10.7. The smallest absolute Gasteiger partial charge is 0.325 e. The molecule has 3 aromatic rings. The normalized spacial score (nSPS) is 21.4. The molecule has 176 valence electrons. The van der Waals surface area contributed by atoms with Crippen molar-refractivity contribution in [3.63, 3.8) is 0 Å². The van der Waals surface area contributed by atoms with E-state index >= 15 is 0 Å². The molecule has 2 saturated heterocycles. The molecule has 1 atom stereocenters. The number of carbonyl (C=O) groups is 3. The van der Waals surface area contributed by atoms with Crippen LogP contribution in [0.4, 0.5) is 9.18 Å². The van der Waals surface area contributed by atoms with Crippen LogP contribution in [-0.4, -0.2) is 56.2 Å². The third-order valence-corrected chi connectivity index (χ3v) is 7.00. The highest BCUT2D eigenvalue weighted by Crippen LogP contribution is 2.34. The van der Waals surface area contributed by atoms with Gasteiger partial charge in [-0.05, 0) is 68.5 Å².